The van der Waals surface area contributed by atoms with Gasteiger partial charge in [0, 0.05) is 11.8 Å². The first kappa shape index (κ1) is 16.5. The largest absolute Gasteiger partial charge is 0.497 e. The van der Waals surface area contributed by atoms with E-state index in [1.807, 2.05) is 24.3 Å². The Morgan fingerprint density at radius 3 is 2.35 bits per heavy atom. The van der Waals surface area contributed by atoms with Gasteiger partial charge >= 0.3 is 13.6 Å². The van der Waals surface area contributed by atoms with Gasteiger partial charge in [0.1, 0.15) is 5.75 Å². The molecule has 1 aliphatic carbocycles. The highest BCUT2D eigenvalue weighted by Crippen LogP contribution is 2.82. The van der Waals surface area contributed by atoms with Crippen molar-refractivity contribution in [2.75, 3.05) is 26.9 Å². The second kappa shape index (κ2) is 5.93. The van der Waals surface area contributed by atoms with Crippen molar-refractivity contribution in [3.8, 4) is 5.75 Å². The van der Waals surface area contributed by atoms with Crippen LogP contribution in [-0.2, 0) is 23.1 Å². The Morgan fingerprint density at radius 1 is 1.22 bits per heavy atom. The lowest BCUT2D eigenvalue weighted by atomic mass is 10.1. The van der Waals surface area contributed by atoms with Crippen molar-refractivity contribution in [1.29, 1.82) is 0 Å². The highest BCUT2D eigenvalue weighted by atomic mass is 31.2. The number of rotatable bonds is 7. The van der Waals surface area contributed by atoms with Crippen LogP contribution in [0.5, 0.6) is 5.75 Å². The van der Waals surface area contributed by atoms with Gasteiger partial charge < -0.3 is 18.5 Å². The van der Waals surface area contributed by atoms with Crippen molar-refractivity contribution in [2.24, 2.45) is 5.92 Å². The fraction of sp³-hybridized carbons (Fsp3) is 0.562. The van der Waals surface area contributed by atoms with Crippen LogP contribution in [-0.4, -0.2) is 38.1 Å². The van der Waals surface area contributed by atoms with Gasteiger partial charge in [-0.3, -0.25) is 9.36 Å². The normalized spacial score (nSPS) is 29.1. The third-order valence-electron chi connectivity index (χ3n) is 4.58. The molecule has 0 bridgehead atoms. The maximum Gasteiger partial charge on any atom is 0.349 e. The summed E-state index contributed by atoms with van der Waals surface area (Å²) in [5, 5.41) is -1.20. The number of carbonyl (C=O) groups is 1. The van der Waals surface area contributed by atoms with Gasteiger partial charge in [-0.2, -0.15) is 0 Å². The average molecular weight is 340 g/mol. The van der Waals surface area contributed by atoms with Gasteiger partial charge in [0.2, 0.25) is 0 Å². The molecule has 1 heterocycles. The van der Waals surface area contributed by atoms with E-state index in [1.165, 1.54) is 0 Å². The maximum absolute atomic E-state index is 13.3. The Bertz CT molecular complexity index is 632. The topological polar surface area (TPSA) is 71.1 Å². The molecule has 3 rings (SSSR count). The number of ether oxygens (including phenoxy) is 2. The minimum atomic E-state index is -3.61. The lowest BCUT2D eigenvalue weighted by molar-refractivity contribution is -0.140. The molecule has 6 nitrogen and oxygen atoms in total. The quantitative estimate of drug-likeness (QED) is 0.561. The Hall–Kier alpha value is -1.36. The van der Waals surface area contributed by atoms with E-state index in [4.69, 9.17) is 18.5 Å². The molecule has 1 aromatic rings. The first-order chi connectivity index (χ1) is 11.0. The number of hydrogen-bond donors (Lipinski definition) is 0. The van der Waals surface area contributed by atoms with Crippen LogP contribution in [0.2, 0.25) is 0 Å². The lowest BCUT2D eigenvalue weighted by Crippen LogP contribution is -2.26. The van der Waals surface area contributed by atoms with Crippen LogP contribution in [0.15, 0.2) is 24.3 Å². The summed E-state index contributed by atoms with van der Waals surface area (Å²) in [4.78, 5) is 12.5. The Morgan fingerprint density at radius 2 is 1.83 bits per heavy atom. The molecule has 0 aromatic heterocycles. The molecule has 0 radical (unpaired) electrons. The summed E-state index contributed by atoms with van der Waals surface area (Å²) >= 11 is 0. The Labute approximate surface area is 135 Å². The van der Waals surface area contributed by atoms with Crippen molar-refractivity contribution in [3.05, 3.63) is 29.8 Å². The van der Waals surface area contributed by atoms with E-state index in [-0.39, 0.29) is 31.7 Å². The summed E-state index contributed by atoms with van der Waals surface area (Å²) in [7, 11) is -2.01. The molecule has 1 saturated heterocycles. The number of carbonyl (C=O) groups excluding carboxylic acids is 1. The van der Waals surface area contributed by atoms with E-state index in [1.54, 1.807) is 21.0 Å². The zero-order valence-electron chi connectivity index (χ0n) is 13.5. The Balaban J connectivity index is 2.00. The monoisotopic (exact) mass is 340 g/mol. The van der Waals surface area contributed by atoms with E-state index >= 15 is 0 Å². The van der Waals surface area contributed by atoms with Gasteiger partial charge in [-0.05, 0) is 31.5 Å². The summed E-state index contributed by atoms with van der Waals surface area (Å²) < 4.78 is 34.6. The van der Waals surface area contributed by atoms with Crippen molar-refractivity contribution in [2.45, 2.75) is 24.9 Å². The molecule has 0 N–H and O–H groups in total. The summed E-state index contributed by atoms with van der Waals surface area (Å²) in [5.41, 5.74) is 0.923. The molecule has 2 aliphatic rings. The van der Waals surface area contributed by atoms with Gasteiger partial charge in [0.25, 0.3) is 0 Å². The summed E-state index contributed by atoms with van der Waals surface area (Å²) in [6.07, 6.45) is 0. The third-order valence-corrected chi connectivity index (χ3v) is 7.47. The fourth-order valence-electron chi connectivity index (χ4n) is 3.60. The lowest BCUT2D eigenvalue weighted by Gasteiger charge is -2.24. The van der Waals surface area contributed by atoms with Crippen LogP contribution >= 0.6 is 7.60 Å². The molecule has 23 heavy (non-hydrogen) atoms. The maximum atomic E-state index is 13.3. The number of cyclic esters (lactones) is 1. The Kier molecular flexibility index (Phi) is 4.25. The van der Waals surface area contributed by atoms with Gasteiger partial charge in [-0.1, -0.05) is 12.1 Å². The van der Waals surface area contributed by atoms with Gasteiger partial charge in [-0.25, -0.2) is 0 Å². The van der Waals surface area contributed by atoms with E-state index < -0.39 is 18.7 Å². The second-order valence-electron chi connectivity index (χ2n) is 5.61. The van der Waals surface area contributed by atoms with Crippen molar-refractivity contribution < 1.29 is 27.9 Å². The molecule has 126 valence electrons. The molecule has 7 heteroatoms. The van der Waals surface area contributed by atoms with Gasteiger partial charge in [0.15, 0.2) is 5.16 Å². The van der Waals surface area contributed by atoms with E-state index in [0.717, 1.165) is 11.3 Å². The van der Waals surface area contributed by atoms with E-state index in [2.05, 4.69) is 0 Å². The molecule has 1 aliphatic heterocycles. The van der Waals surface area contributed by atoms with Crippen molar-refractivity contribution >= 4 is 13.6 Å². The predicted molar refractivity (Wildman–Crippen MR) is 83.8 cm³/mol. The zero-order chi connectivity index (χ0) is 16.7. The SMILES string of the molecule is CCOP(=O)(OCC)[C@@]12C(=O)OC[C@@H]1[C@H]2c1ccc(OC)cc1. The first-order valence-corrected chi connectivity index (χ1v) is 9.29. The van der Waals surface area contributed by atoms with Crippen LogP contribution < -0.4 is 4.74 Å². The predicted octanol–water partition coefficient (Wildman–Crippen LogP) is 2.97. The zero-order valence-corrected chi connectivity index (χ0v) is 14.4. The standard InChI is InChI=1S/C16H21O6P/c1-4-21-23(18,22-5-2)16-13(10-20-15(16)17)14(16)11-6-8-12(19-3)9-7-11/h6-9,13-14H,4-5,10H2,1-3H3/t13-,14-,16+/m1/s1. The minimum Gasteiger partial charge on any atom is -0.497 e. The summed E-state index contributed by atoms with van der Waals surface area (Å²) in [6.45, 7) is 4.16. The van der Waals surface area contributed by atoms with Crippen LogP contribution in [0.4, 0.5) is 0 Å². The molecule has 0 amide bonds. The number of methoxy groups -OCH3 is 1. The molecule has 2 fully saturated rings. The van der Waals surface area contributed by atoms with Gasteiger partial charge in [-0.15, -0.1) is 0 Å². The molecule has 0 spiro atoms. The minimum absolute atomic E-state index is 0.174. The first-order valence-electron chi connectivity index (χ1n) is 7.75. The van der Waals surface area contributed by atoms with E-state index in [9.17, 15) is 9.36 Å². The average Bonchev–Trinajstić information content (AvgIpc) is 3.12. The molecule has 1 saturated carbocycles. The van der Waals surface area contributed by atoms with E-state index in [0.29, 0.717) is 0 Å². The van der Waals surface area contributed by atoms with Crippen LogP contribution in [0, 0.1) is 5.92 Å². The number of benzene rings is 1. The van der Waals surface area contributed by atoms with Crippen LogP contribution in [0.1, 0.15) is 25.3 Å². The van der Waals surface area contributed by atoms with Gasteiger partial charge in [0.05, 0.1) is 26.9 Å². The molecule has 1 aromatic carbocycles. The van der Waals surface area contributed by atoms with Crippen molar-refractivity contribution in [3.63, 3.8) is 0 Å². The third kappa shape index (κ3) is 2.24. The molecular weight excluding hydrogens is 319 g/mol. The smallest absolute Gasteiger partial charge is 0.349 e. The molecule has 0 unspecified atom stereocenters. The van der Waals surface area contributed by atoms with Crippen LogP contribution in [0.3, 0.4) is 0 Å². The highest BCUT2D eigenvalue weighted by Gasteiger charge is 2.84. The highest BCUT2D eigenvalue weighted by molar-refractivity contribution is 7.57. The number of esters is 1. The number of hydrogen-bond acceptors (Lipinski definition) is 6. The summed E-state index contributed by atoms with van der Waals surface area (Å²) in [6, 6.07) is 7.43. The summed E-state index contributed by atoms with van der Waals surface area (Å²) in [5.74, 6) is -0.131. The molecular formula is C16H21O6P. The van der Waals surface area contributed by atoms with Crippen LogP contribution in [0.25, 0.3) is 0 Å². The second-order valence-corrected chi connectivity index (χ2v) is 7.87. The van der Waals surface area contributed by atoms with Crippen molar-refractivity contribution in [1.82, 2.24) is 0 Å². The fourth-order valence-corrected chi connectivity index (χ4v) is 6.30. The number of fused-ring (bicyclic) bond motifs is 1. The molecule has 3 atom stereocenters.